The van der Waals surface area contributed by atoms with Crippen LogP contribution in [0.25, 0.3) is 0 Å². The maximum atomic E-state index is 11.4. The van der Waals surface area contributed by atoms with E-state index < -0.39 is 0 Å². The minimum absolute atomic E-state index is 0.0595. The van der Waals surface area contributed by atoms with Gasteiger partial charge in [-0.2, -0.15) is 0 Å². The minimum Gasteiger partial charge on any atom is -0.492 e. The lowest BCUT2D eigenvalue weighted by atomic mass is 10.3. The molecule has 0 amide bonds. The Balaban J connectivity index is 1.73. The smallest absolute Gasteiger partial charge is 0.155 e. The fraction of sp³-hybridized carbons (Fsp3) is 0.167. The van der Waals surface area contributed by atoms with Crippen molar-refractivity contribution >= 4 is 23.2 Å². The van der Waals surface area contributed by atoms with Gasteiger partial charge in [-0.1, -0.05) is 42.1 Å². The zero-order valence-corrected chi connectivity index (χ0v) is 13.2. The van der Waals surface area contributed by atoms with Crippen LogP contribution in [-0.4, -0.2) is 18.9 Å². The van der Waals surface area contributed by atoms with Gasteiger partial charge in [-0.3, -0.25) is 4.79 Å². The Kier molecular flexibility index (Phi) is 4.49. The summed E-state index contributed by atoms with van der Waals surface area (Å²) in [5.41, 5.74) is 1.14. The summed E-state index contributed by atoms with van der Waals surface area (Å²) in [7, 11) is 0. The van der Waals surface area contributed by atoms with Crippen LogP contribution < -0.4 is 9.64 Å². The first kappa shape index (κ1) is 14.7. The predicted molar refractivity (Wildman–Crippen MR) is 90.3 cm³/mol. The van der Waals surface area contributed by atoms with Crippen molar-refractivity contribution in [3.8, 4) is 5.75 Å². The standard InChI is InChI=1S/C18H17NO2S/c1-14(20)13-18-19(16-9-5-6-10-17(16)22-18)11-12-21-15-7-3-2-4-8-15/h2-10,13H,11-12H2,1H3. The first-order chi connectivity index (χ1) is 10.7. The van der Waals surface area contributed by atoms with Gasteiger partial charge in [0.1, 0.15) is 12.4 Å². The van der Waals surface area contributed by atoms with E-state index in [0.717, 1.165) is 16.5 Å². The molecule has 1 aliphatic heterocycles. The third kappa shape index (κ3) is 3.34. The van der Waals surface area contributed by atoms with E-state index in [1.807, 2.05) is 42.5 Å². The van der Waals surface area contributed by atoms with Gasteiger partial charge in [0.2, 0.25) is 0 Å². The highest BCUT2D eigenvalue weighted by atomic mass is 32.2. The van der Waals surface area contributed by atoms with Gasteiger partial charge < -0.3 is 9.64 Å². The molecule has 0 unspecified atom stereocenters. The maximum absolute atomic E-state index is 11.4. The Morgan fingerprint density at radius 3 is 2.64 bits per heavy atom. The molecule has 0 fully saturated rings. The second-order valence-electron chi connectivity index (χ2n) is 4.98. The molecule has 0 bridgehead atoms. The quantitative estimate of drug-likeness (QED) is 0.777. The molecule has 2 aromatic rings. The molecule has 3 nitrogen and oxygen atoms in total. The number of carbonyl (C=O) groups excluding carboxylic acids is 1. The number of ketones is 1. The van der Waals surface area contributed by atoms with E-state index in [9.17, 15) is 4.79 Å². The van der Waals surface area contributed by atoms with Crippen molar-refractivity contribution in [2.24, 2.45) is 0 Å². The third-order valence-corrected chi connectivity index (χ3v) is 4.40. The average Bonchev–Trinajstić information content (AvgIpc) is 2.85. The topological polar surface area (TPSA) is 29.5 Å². The van der Waals surface area contributed by atoms with Crippen molar-refractivity contribution in [2.45, 2.75) is 11.8 Å². The van der Waals surface area contributed by atoms with Crippen LogP contribution in [0, 0.1) is 0 Å². The van der Waals surface area contributed by atoms with E-state index in [2.05, 4.69) is 17.0 Å². The molecule has 2 aromatic carbocycles. The van der Waals surface area contributed by atoms with E-state index in [0.29, 0.717) is 13.2 Å². The van der Waals surface area contributed by atoms with Gasteiger partial charge in [-0.05, 0) is 31.2 Å². The van der Waals surface area contributed by atoms with Gasteiger partial charge in [-0.25, -0.2) is 0 Å². The zero-order valence-electron chi connectivity index (χ0n) is 12.4. The van der Waals surface area contributed by atoms with Crippen LogP contribution in [0.5, 0.6) is 5.75 Å². The molecule has 112 valence electrons. The molecule has 3 rings (SSSR count). The van der Waals surface area contributed by atoms with E-state index in [1.54, 1.807) is 24.8 Å². The molecule has 0 atom stereocenters. The number of anilines is 1. The third-order valence-electron chi connectivity index (χ3n) is 3.29. The lowest BCUT2D eigenvalue weighted by Crippen LogP contribution is -2.24. The van der Waals surface area contributed by atoms with Gasteiger partial charge in [-0.15, -0.1) is 0 Å². The molecule has 1 heterocycles. The fourth-order valence-corrected chi connectivity index (χ4v) is 3.52. The van der Waals surface area contributed by atoms with Gasteiger partial charge >= 0.3 is 0 Å². The van der Waals surface area contributed by atoms with E-state index in [-0.39, 0.29) is 5.78 Å². The number of rotatable bonds is 5. The Morgan fingerprint density at radius 2 is 1.86 bits per heavy atom. The monoisotopic (exact) mass is 311 g/mol. The Bertz CT molecular complexity index is 697. The number of ether oxygens (including phenoxy) is 1. The number of fused-ring (bicyclic) bond motifs is 1. The first-order valence-electron chi connectivity index (χ1n) is 7.18. The van der Waals surface area contributed by atoms with Crippen molar-refractivity contribution < 1.29 is 9.53 Å². The lowest BCUT2D eigenvalue weighted by Gasteiger charge is -2.20. The van der Waals surface area contributed by atoms with Gasteiger partial charge in [0.15, 0.2) is 5.78 Å². The second-order valence-corrected chi connectivity index (χ2v) is 6.04. The normalized spacial score (nSPS) is 15.0. The number of allylic oxidation sites excluding steroid dienone is 1. The van der Waals surface area contributed by atoms with Crippen LogP contribution in [0.1, 0.15) is 6.92 Å². The van der Waals surface area contributed by atoms with Crippen LogP contribution >= 0.6 is 11.8 Å². The largest absolute Gasteiger partial charge is 0.492 e. The number of para-hydroxylation sites is 2. The number of thioether (sulfide) groups is 1. The molecule has 1 aliphatic rings. The molecule has 4 heteroatoms. The van der Waals surface area contributed by atoms with Gasteiger partial charge in [0, 0.05) is 11.0 Å². The summed E-state index contributed by atoms with van der Waals surface area (Å²) >= 11 is 1.63. The maximum Gasteiger partial charge on any atom is 0.155 e. The molecule has 0 radical (unpaired) electrons. The number of hydrogen-bond acceptors (Lipinski definition) is 4. The van der Waals surface area contributed by atoms with Crippen molar-refractivity contribution in [1.29, 1.82) is 0 Å². The first-order valence-corrected chi connectivity index (χ1v) is 8.00. The van der Waals surface area contributed by atoms with Gasteiger partial charge in [0.25, 0.3) is 0 Å². The molecule has 0 aromatic heterocycles. The number of hydrogen-bond donors (Lipinski definition) is 0. The summed E-state index contributed by atoms with van der Waals surface area (Å²) < 4.78 is 5.77. The van der Waals surface area contributed by atoms with E-state index in [4.69, 9.17) is 4.74 Å². The van der Waals surface area contributed by atoms with Crippen molar-refractivity contribution in [3.63, 3.8) is 0 Å². The van der Waals surface area contributed by atoms with Crippen LogP contribution in [0.15, 0.2) is 70.6 Å². The second kappa shape index (κ2) is 6.71. The number of benzene rings is 2. The summed E-state index contributed by atoms with van der Waals surface area (Å²) in [6.07, 6.45) is 1.69. The molecule has 0 N–H and O–H groups in total. The highest BCUT2D eigenvalue weighted by molar-refractivity contribution is 8.03. The number of nitrogens with zero attached hydrogens (tertiary/aromatic N) is 1. The van der Waals surface area contributed by atoms with Crippen molar-refractivity contribution in [1.82, 2.24) is 0 Å². The Labute approximate surface area is 134 Å². The molecule has 0 saturated heterocycles. The van der Waals surface area contributed by atoms with Gasteiger partial charge in [0.05, 0.1) is 17.3 Å². The van der Waals surface area contributed by atoms with Crippen molar-refractivity contribution in [3.05, 3.63) is 65.7 Å². The zero-order chi connectivity index (χ0) is 15.4. The summed E-state index contributed by atoms with van der Waals surface area (Å²) in [5.74, 6) is 0.920. The average molecular weight is 311 g/mol. The minimum atomic E-state index is 0.0595. The summed E-state index contributed by atoms with van der Waals surface area (Å²) in [4.78, 5) is 14.8. The number of carbonyl (C=O) groups is 1. The summed E-state index contributed by atoms with van der Waals surface area (Å²) in [6, 6.07) is 17.9. The highest BCUT2D eigenvalue weighted by Crippen LogP contribution is 2.45. The molecule has 22 heavy (non-hydrogen) atoms. The molecular formula is C18H17NO2S. The van der Waals surface area contributed by atoms with E-state index in [1.165, 1.54) is 4.90 Å². The van der Waals surface area contributed by atoms with Crippen LogP contribution in [0.3, 0.4) is 0 Å². The fourth-order valence-electron chi connectivity index (χ4n) is 2.34. The summed E-state index contributed by atoms with van der Waals surface area (Å²) in [5, 5.41) is 0.963. The molecule has 0 spiro atoms. The van der Waals surface area contributed by atoms with Crippen LogP contribution in [-0.2, 0) is 4.79 Å². The van der Waals surface area contributed by atoms with E-state index >= 15 is 0 Å². The lowest BCUT2D eigenvalue weighted by molar-refractivity contribution is -0.112. The SMILES string of the molecule is CC(=O)C=C1Sc2ccccc2N1CCOc1ccccc1. The molecule has 0 aliphatic carbocycles. The van der Waals surface area contributed by atoms with Crippen LogP contribution in [0.4, 0.5) is 5.69 Å². The Hall–Kier alpha value is -2.20. The highest BCUT2D eigenvalue weighted by Gasteiger charge is 2.24. The Morgan fingerprint density at radius 1 is 1.14 bits per heavy atom. The van der Waals surface area contributed by atoms with Crippen molar-refractivity contribution in [2.75, 3.05) is 18.1 Å². The van der Waals surface area contributed by atoms with Crippen LogP contribution in [0.2, 0.25) is 0 Å². The summed E-state index contributed by atoms with van der Waals surface area (Å²) in [6.45, 7) is 2.85. The predicted octanol–water partition coefficient (Wildman–Crippen LogP) is 4.11. The molecular weight excluding hydrogens is 294 g/mol. The molecule has 0 saturated carbocycles.